The van der Waals surface area contributed by atoms with Gasteiger partial charge in [-0.25, -0.2) is 10.2 Å². The van der Waals surface area contributed by atoms with Crippen LogP contribution in [0.1, 0.15) is 27.2 Å². The van der Waals surface area contributed by atoms with Crippen LogP contribution in [0.5, 0.6) is 0 Å². The summed E-state index contributed by atoms with van der Waals surface area (Å²) in [5.41, 5.74) is 9.25. The molecule has 70 valence electrons. The van der Waals surface area contributed by atoms with Crippen molar-refractivity contribution in [3.8, 4) is 0 Å². The van der Waals surface area contributed by atoms with Crippen molar-refractivity contribution in [3.05, 3.63) is 0 Å². The number of rotatable bonds is 4. The van der Waals surface area contributed by atoms with Gasteiger partial charge in [0.05, 0.1) is 0 Å². The van der Waals surface area contributed by atoms with Crippen LogP contribution in [0.3, 0.4) is 0 Å². The summed E-state index contributed by atoms with van der Waals surface area (Å²) in [7, 11) is 0. The fourth-order valence-corrected chi connectivity index (χ4v) is 0.897. The Balaban J connectivity index is 3.86. The number of nitrogens with one attached hydrogen (secondary N) is 2. The Labute approximate surface area is 71.7 Å². The molecule has 0 radical (unpaired) electrons. The number of urea groups is 1. The summed E-state index contributed by atoms with van der Waals surface area (Å²) in [5.74, 6) is 0.0544. The predicted molar refractivity (Wildman–Crippen MR) is 45.2 cm³/mol. The van der Waals surface area contributed by atoms with Crippen LogP contribution in [-0.4, -0.2) is 17.4 Å². The van der Waals surface area contributed by atoms with Crippen molar-refractivity contribution in [1.29, 1.82) is 0 Å². The third-order valence-corrected chi connectivity index (χ3v) is 1.21. The molecule has 0 aliphatic heterocycles. The lowest BCUT2D eigenvalue weighted by atomic mass is 10.00. The van der Waals surface area contributed by atoms with Gasteiger partial charge in [-0.1, -0.05) is 0 Å². The van der Waals surface area contributed by atoms with Crippen molar-refractivity contribution >= 4 is 11.8 Å². The number of hydrogen-bond acceptors (Lipinski definition) is 3. The Hall–Kier alpha value is -1.10. The summed E-state index contributed by atoms with van der Waals surface area (Å²) >= 11 is 0. The molecule has 0 saturated heterocycles. The van der Waals surface area contributed by atoms with Crippen LogP contribution in [0, 0.1) is 0 Å². The van der Waals surface area contributed by atoms with Crippen LogP contribution >= 0.6 is 0 Å². The Morgan fingerprint density at radius 1 is 1.42 bits per heavy atom. The lowest BCUT2D eigenvalue weighted by Gasteiger charge is -2.24. The zero-order valence-electron chi connectivity index (χ0n) is 7.60. The molecule has 5 heteroatoms. The third-order valence-electron chi connectivity index (χ3n) is 1.21. The van der Waals surface area contributed by atoms with Crippen LogP contribution in [0.15, 0.2) is 0 Å². The number of primary amides is 1. The quantitative estimate of drug-likeness (QED) is 0.520. The second-order valence-electron chi connectivity index (χ2n) is 3.38. The largest absolute Gasteiger partial charge is 0.351 e. The molecule has 0 aromatic rings. The molecule has 0 atom stereocenters. The van der Waals surface area contributed by atoms with E-state index in [-0.39, 0.29) is 5.78 Å². The first-order valence-electron chi connectivity index (χ1n) is 3.65. The molecule has 0 aromatic heterocycles. The minimum Gasteiger partial charge on any atom is -0.351 e. The topological polar surface area (TPSA) is 84.2 Å². The molecule has 0 aliphatic carbocycles. The molecule has 0 unspecified atom stereocenters. The molecular weight excluding hydrogens is 158 g/mol. The van der Waals surface area contributed by atoms with Gasteiger partial charge < -0.3 is 5.73 Å². The maximum Gasteiger partial charge on any atom is 0.326 e. The first kappa shape index (κ1) is 10.9. The van der Waals surface area contributed by atoms with Gasteiger partial charge in [-0.15, -0.1) is 0 Å². The van der Waals surface area contributed by atoms with Gasteiger partial charge in [-0.3, -0.25) is 10.2 Å². The molecule has 5 nitrogen and oxygen atoms in total. The Bertz CT molecular complexity index is 189. The van der Waals surface area contributed by atoms with Gasteiger partial charge in [-0.05, 0) is 20.8 Å². The molecule has 0 aliphatic rings. The lowest BCUT2D eigenvalue weighted by molar-refractivity contribution is -0.118. The number of amides is 2. The average molecular weight is 173 g/mol. The van der Waals surface area contributed by atoms with Crippen molar-refractivity contribution < 1.29 is 9.59 Å². The van der Waals surface area contributed by atoms with Gasteiger partial charge in [0.25, 0.3) is 0 Å². The van der Waals surface area contributed by atoms with Crippen LogP contribution in [0.25, 0.3) is 0 Å². The van der Waals surface area contributed by atoms with Crippen molar-refractivity contribution in [2.75, 3.05) is 0 Å². The van der Waals surface area contributed by atoms with Gasteiger partial charge in [0.2, 0.25) is 0 Å². The number of nitrogens with two attached hydrogens (primary N) is 1. The standard InChI is InChI=1S/C7H15N3O2/c1-5(11)4-7(2,3)10-9-6(8)12/h10H,4H2,1-3H3,(H3,8,9,12). The summed E-state index contributed by atoms with van der Waals surface area (Å²) in [6.07, 6.45) is 0.341. The maximum absolute atomic E-state index is 10.7. The predicted octanol–water partition coefficient (Wildman–Crippen LogP) is -0.0830. The molecule has 2 amide bonds. The summed E-state index contributed by atoms with van der Waals surface area (Å²) in [4.78, 5) is 21.0. The highest BCUT2D eigenvalue weighted by Crippen LogP contribution is 2.06. The van der Waals surface area contributed by atoms with E-state index >= 15 is 0 Å². The highest BCUT2D eigenvalue weighted by atomic mass is 16.2. The average Bonchev–Trinajstić information content (AvgIpc) is 1.81. The van der Waals surface area contributed by atoms with Crippen molar-refractivity contribution in [3.63, 3.8) is 0 Å². The van der Waals surface area contributed by atoms with Crippen molar-refractivity contribution in [2.24, 2.45) is 5.73 Å². The zero-order chi connectivity index (χ0) is 9.78. The first-order chi connectivity index (χ1) is 5.33. The van der Waals surface area contributed by atoms with Crippen molar-refractivity contribution in [2.45, 2.75) is 32.7 Å². The molecule has 0 saturated carbocycles. The monoisotopic (exact) mass is 173 g/mol. The minimum atomic E-state index is -0.661. The van der Waals surface area contributed by atoms with E-state index in [4.69, 9.17) is 5.73 Å². The first-order valence-corrected chi connectivity index (χ1v) is 3.65. The number of carbonyl (C=O) groups is 2. The fraction of sp³-hybridized carbons (Fsp3) is 0.714. The number of Topliss-reactive ketones (excluding diaryl/α,β-unsaturated/α-hetero) is 1. The summed E-state index contributed by atoms with van der Waals surface area (Å²) in [5, 5.41) is 0. The number of ketones is 1. The lowest BCUT2D eigenvalue weighted by Crippen LogP contribution is -2.53. The van der Waals surface area contributed by atoms with Crippen LogP contribution in [-0.2, 0) is 4.79 Å². The van der Waals surface area contributed by atoms with Crippen LogP contribution < -0.4 is 16.6 Å². The van der Waals surface area contributed by atoms with E-state index in [1.165, 1.54) is 6.92 Å². The highest BCUT2D eigenvalue weighted by molar-refractivity contribution is 5.76. The zero-order valence-corrected chi connectivity index (χ0v) is 7.60. The van der Waals surface area contributed by atoms with Crippen LogP contribution in [0.4, 0.5) is 4.79 Å². The molecule has 0 spiro atoms. The van der Waals surface area contributed by atoms with E-state index in [9.17, 15) is 9.59 Å². The smallest absolute Gasteiger partial charge is 0.326 e. The van der Waals surface area contributed by atoms with Gasteiger partial charge in [0, 0.05) is 12.0 Å². The normalized spacial score (nSPS) is 10.9. The molecule has 4 N–H and O–H groups in total. The Morgan fingerprint density at radius 2 is 1.92 bits per heavy atom. The Kier molecular flexibility index (Phi) is 3.69. The van der Waals surface area contributed by atoms with E-state index in [0.717, 1.165) is 0 Å². The molecule has 12 heavy (non-hydrogen) atoms. The number of carbonyl (C=O) groups excluding carboxylic acids is 2. The van der Waals surface area contributed by atoms with Gasteiger partial charge in [0.1, 0.15) is 5.78 Å². The molecule has 0 fully saturated rings. The van der Waals surface area contributed by atoms with Gasteiger partial charge in [0.15, 0.2) is 0 Å². The van der Waals surface area contributed by atoms with E-state index in [2.05, 4.69) is 10.9 Å². The van der Waals surface area contributed by atoms with Crippen LogP contribution in [0.2, 0.25) is 0 Å². The summed E-state index contributed by atoms with van der Waals surface area (Å²) in [6, 6.07) is -0.661. The summed E-state index contributed by atoms with van der Waals surface area (Å²) < 4.78 is 0. The Morgan fingerprint density at radius 3 is 2.25 bits per heavy atom. The number of hydrazine groups is 1. The van der Waals surface area contributed by atoms with Crippen molar-refractivity contribution in [1.82, 2.24) is 10.9 Å². The van der Waals surface area contributed by atoms with Gasteiger partial charge >= 0.3 is 6.03 Å². The van der Waals surface area contributed by atoms with E-state index in [1.807, 2.05) is 0 Å². The molecule has 0 bridgehead atoms. The number of hydrogen-bond donors (Lipinski definition) is 3. The SMILES string of the molecule is CC(=O)CC(C)(C)NNC(N)=O. The fourth-order valence-electron chi connectivity index (χ4n) is 0.897. The van der Waals surface area contributed by atoms with E-state index < -0.39 is 11.6 Å². The molecular formula is C7H15N3O2. The van der Waals surface area contributed by atoms with Gasteiger partial charge in [-0.2, -0.15) is 0 Å². The third kappa shape index (κ3) is 5.67. The maximum atomic E-state index is 10.7. The van der Waals surface area contributed by atoms with E-state index in [1.54, 1.807) is 13.8 Å². The minimum absolute atomic E-state index is 0.0544. The molecule has 0 aromatic carbocycles. The van der Waals surface area contributed by atoms with E-state index in [0.29, 0.717) is 6.42 Å². The second kappa shape index (κ2) is 4.06. The summed E-state index contributed by atoms with van der Waals surface area (Å²) in [6.45, 7) is 5.09. The highest BCUT2D eigenvalue weighted by Gasteiger charge is 2.19. The molecule has 0 rings (SSSR count). The second-order valence-corrected chi connectivity index (χ2v) is 3.38. The molecule has 0 heterocycles.